The number of aryl methyl sites for hydroxylation is 1. The van der Waals surface area contributed by atoms with Gasteiger partial charge in [-0.3, -0.25) is 0 Å². The van der Waals surface area contributed by atoms with Gasteiger partial charge in [-0.05, 0) is 61.7 Å². The highest BCUT2D eigenvalue weighted by Crippen LogP contribution is 2.23. The zero-order valence-corrected chi connectivity index (χ0v) is 11.7. The van der Waals surface area contributed by atoms with Crippen LogP contribution < -0.4 is 5.32 Å². The zero-order chi connectivity index (χ0) is 13.8. The Morgan fingerprint density at radius 3 is 2.53 bits per heavy atom. The third-order valence-electron chi connectivity index (χ3n) is 3.70. The van der Waals surface area contributed by atoms with Crippen molar-refractivity contribution in [3.8, 4) is 0 Å². The Balaban J connectivity index is 2.28. The third-order valence-corrected chi connectivity index (χ3v) is 3.70. The van der Waals surface area contributed by atoms with Crippen LogP contribution in [0, 0.1) is 19.7 Å². The summed E-state index contributed by atoms with van der Waals surface area (Å²) in [7, 11) is 1.95. The molecule has 0 heterocycles. The van der Waals surface area contributed by atoms with Gasteiger partial charge in [-0.2, -0.15) is 0 Å². The first-order valence-corrected chi connectivity index (χ1v) is 6.59. The Morgan fingerprint density at radius 2 is 1.84 bits per heavy atom. The molecule has 0 aliphatic heterocycles. The van der Waals surface area contributed by atoms with Crippen LogP contribution in [0.4, 0.5) is 4.39 Å². The van der Waals surface area contributed by atoms with Gasteiger partial charge in [0.2, 0.25) is 0 Å². The SMILES string of the molecule is CNC(Cc1cccc(F)c1)c1cccc(C)c1C. The second-order valence-electron chi connectivity index (χ2n) is 4.96. The van der Waals surface area contributed by atoms with E-state index in [1.807, 2.05) is 13.1 Å². The first-order valence-electron chi connectivity index (χ1n) is 6.59. The molecule has 1 atom stereocenters. The summed E-state index contributed by atoms with van der Waals surface area (Å²) in [4.78, 5) is 0. The minimum absolute atomic E-state index is 0.173. The van der Waals surface area contributed by atoms with E-state index in [1.54, 1.807) is 12.1 Å². The van der Waals surface area contributed by atoms with Gasteiger partial charge in [-0.15, -0.1) is 0 Å². The summed E-state index contributed by atoms with van der Waals surface area (Å²) in [5, 5.41) is 3.33. The van der Waals surface area contributed by atoms with Crippen molar-refractivity contribution in [1.29, 1.82) is 0 Å². The summed E-state index contributed by atoms with van der Waals surface area (Å²) in [6.45, 7) is 4.26. The van der Waals surface area contributed by atoms with E-state index >= 15 is 0 Å². The largest absolute Gasteiger partial charge is 0.313 e. The molecule has 0 fully saturated rings. The molecule has 0 aliphatic rings. The second-order valence-corrected chi connectivity index (χ2v) is 4.96. The van der Waals surface area contributed by atoms with Crippen LogP contribution >= 0.6 is 0 Å². The van der Waals surface area contributed by atoms with Gasteiger partial charge in [0.1, 0.15) is 5.82 Å². The van der Waals surface area contributed by atoms with Crippen molar-refractivity contribution in [1.82, 2.24) is 5.32 Å². The van der Waals surface area contributed by atoms with Crippen molar-refractivity contribution >= 4 is 0 Å². The third kappa shape index (κ3) is 3.21. The number of likely N-dealkylation sites (N-methyl/N-ethyl adjacent to an activating group) is 1. The van der Waals surface area contributed by atoms with Crippen LogP contribution in [-0.4, -0.2) is 7.05 Å². The highest BCUT2D eigenvalue weighted by molar-refractivity contribution is 5.36. The second kappa shape index (κ2) is 5.98. The lowest BCUT2D eigenvalue weighted by molar-refractivity contribution is 0.581. The fraction of sp³-hybridized carbons (Fsp3) is 0.294. The molecule has 0 amide bonds. The highest BCUT2D eigenvalue weighted by atomic mass is 19.1. The summed E-state index contributed by atoms with van der Waals surface area (Å²) in [5.41, 5.74) is 4.89. The predicted molar refractivity (Wildman–Crippen MR) is 77.8 cm³/mol. The molecule has 0 spiro atoms. The van der Waals surface area contributed by atoms with E-state index in [0.29, 0.717) is 0 Å². The fourth-order valence-electron chi connectivity index (χ4n) is 2.42. The molecule has 2 heteroatoms. The predicted octanol–water partition coefficient (Wildman–Crippen LogP) is 3.95. The molecular formula is C17H20FN. The number of rotatable bonds is 4. The summed E-state index contributed by atoms with van der Waals surface area (Å²) in [6.07, 6.45) is 0.790. The van der Waals surface area contributed by atoms with Gasteiger partial charge in [-0.25, -0.2) is 4.39 Å². The monoisotopic (exact) mass is 257 g/mol. The maximum atomic E-state index is 13.2. The average molecular weight is 257 g/mol. The molecule has 19 heavy (non-hydrogen) atoms. The van der Waals surface area contributed by atoms with E-state index < -0.39 is 0 Å². The van der Waals surface area contributed by atoms with Crippen LogP contribution in [0.2, 0.25) is 0 Å². The van der Waals surface area contributed by atoms with Gasteiger partial charge >= 0.3 is 0 Å². The van der Waals surface area contributed by atoms with E-state index in [-0.39, 0.29) is 11.9 Å². The summed E-state index contributed by atoms with van der Waals surface area (Å²) in [5.74, 6) is -0.173. The van der Waals surface area contributed by atoms with Gasteiger partial charge < -0.3 is 5.32 Å². The molecule has 0 saturated heterocycles. The molecule has 0 bridgehead atoms. The molecule has 0 radical (unpaired) electrons. The molecule has 2 aromatic rings. The molecule has 1 nitrogen and oxygen atoms in total. The van der Waals surface area contributed by atoms with Gasteiger partial charge in [0, 0.05) is 6.04 Å². The maximum Gasteiger partial charge on any atom is 0.123 e. The van der Waals surface area contributed by atoms with E-state index in [1.165, 1.54) is 22.8 Å². The molecule has 2 aromatic carbocycles. The van der Waals surface area contributed by atoms with Gasteiger partial charge in [0.05, 0.1) is 0 Å². The van der Waals surface area contributed by atoms with Crippen molar-refractivity contribution in [3.05, 3.63) is 70.5 Å². The standard InChI is InChI=1S/C17H20FN/c1-12-6-4-9-16(13(12)2)17(19-3)11-14-7-5-8-15(18)10-14/h4-10,17,19H,11H2,1-3H3. The molecule has 2 rings (SSSR count). The molecule has 1 unspecified atom stereocenters. The molecule has 0 aliphatic carbocycles. The zero-order valence-electron chi connectivity index (χ0n) is 11.7. The number of hydrogen-bond acceptors (Lipinski definition) is 1. The van der Waals surface area contributed by atoms with Crippen molar-refractivity contribution < 1.29 is 4.39 Å². The number of benzene rings is 2. The van der Waals surface area contributed by atoms with Crippen LogP contribution in [0.3, 0.4) is 0 Å². The lowest BCUT2D eigenvalue weighted by atomic mass is 9.93. The maximum absolute atomic E-state index is 13.2. The Bertz CT molecular complexity index is 563. The molecule has 0 aromatic heterocycles. The fourth-order valence-corrected chi connectivity index (χ4v) is 2.42. The van der Waals surface area contributed by atoms with Crippen molar-refractivity contribution in [3.63, 3.8) is 0 Å². The first kappa shape index (κ1) is 13.8. The molecule has 100 valence electrons. The number of nitrogens with one attached hydrogen (secondary N) is 1. The summed E-state index contributed by atoms with van der Waals surface area (Å²) < 4.78 is 13.2. The van der Waals surface area contributed by atoms with Gasteiger partial charge in [0.25, 0.3) is 0 Å². The number of hydrogen-bond donors (Lipinski definition) is 1. The van der Waals surface area contributed by atoms with Crippen molar-refractivity contribution in [2.75, 3.05) is 7.05 Å². The Morgan fingerprint density at radius 1 is 1.11 bits per heavy atom. The minimum Gasteiger partial charge on any atom is -0.313 e. The minimum atomic E-state index is -0.173. The normalized spacial score (nSPS) is 12.4. The summed E-state index contributed by atoms with van der Waals surface area (Å²) >= 11 is 0. The van der Waals surface area contributed by atoms with Crippen LogP contribution in [0.5, 0.6) is 0 Å². The smallest absolute Gasteiger partial charge is 0.123 e. The summed E-state index contributed by atoms with van der Waals surface area (Å²) in [6, 6.07) is 13.4. The lowest BCUT2D eigenvalue weighted by Crippen LogP contribution is -2.20. The van der Waals surface area contributed by atoms with E-state index in [2.05, 4.69) is 37.4 Å². The van der Waals surface area contributed by atoms with Crippen molar-refractivity contribution in [2.45, 2.75) is 26.3 Å². The highest BCUT2D eigenvalue weighted by Gasteiger charge is 2.13. The molecular weight excluding hydrogens is 237 g/mol. The lowest BCUT2D eigenvalue weighted by Gasteiger charge is -2.20. The Kier molecular flexibility index (Phi) is 4.33. The quantitative estimate of drug-likeness (QED) is 0.874. The van der Waals surface area contributed by atoms with E-state index in [0.717, 1.165) is 12.0 Å². The van der Waals surface area contributed by atoms with Crippen LogP contribution in [0.25, 0.3) is 0 Å². The topological polar surface area (TPSA) is 12.0 Å². The van der Waals surface area contributed by atoms with Crippen molar-refractivity contribution in [2.24, 2.45) is 0 Å². The van der Waals surface area contributed by atoms with Crippen LogP contribution in [0.1, 0.15) is 28.3 Å². The average Bonchev–Trinajstić information content (AvgIpc) is 2.40. The molecule has 0 saturated carbocycles. The Hall–Kier alpha value is -1.67. The Labute approximate surface area is 114 Å². The van der Waals surface area contributed by atoms with Crippen LogP contribution in [-0.2, 0) is 6.42 Å². The van der Waals surface area contributed by atoms with E-state index in [9.17, 15) is 4.39 Å². The van der Waals surface area contributed by atoms with E-state index in [4.69, 9.17) is 0 Å². The van der Waals surface area contributed by atoms with Crippen LogP contribution in [0.15, 0.2) is 42.5 Å². The molecule has 1 N–H and O–H groups in total. The van der Waals surface area contributed by atoms with Gasteiger partial charge in [0.15, 0.2) is 0 Å². The van der Waals surface area contributed by atoms with Gasteiger partial charge in [-0.1, -0.05) is 30.3 Å². The first-order chi connectivity index (χ1) is 9.11. The number of halogens is 1.